The second-order valence-corrected chi connectivity index (χ2v) is 11.3. The molecule has 0 aliphatic carbocycles. The number of nitrogens with zero attached hydrogens (tertiary/aromatic N) is 3. The van der Waals surface area contributed by atoms with Crippen molar-refractivity contribution in [3.05, 3.63) is 66.5 Å². The van der Waals surface area contributed by atoms with Crippen molar-refractivity contribution in [3.63, 3.8) is 0 Å². The van der Waals surface area contributed by atoms with Crippen molar-refractivity contribution in [1.29, 1.82) is 0 Å². The summed E-state index contributed by atoms with van der Waals surface area (Å²) in [4.78, 5) is 4.70. The number of hydrogen-bond donors (Lipinski definition) is 0. The van der Waals surface area contributed by atoms with Crippen LogP contribution in [-0.2, 0) is 0 Å². The second kappa shape index (κ2) is 6.77. The highest BCUT2D eigenvalue weighted by Crippen LogP contribution is 2.27. The molecule has 0 amide bonds. The number of rotatable bonds is 2. The molecule has 0 atom stereocenters. The molecule has 2 aromatic carbocycles. The lowest BCUT2D eigenvalue weighted by Gasteiger charge is -2.08. The van der Waals surface area contributed by atoms with Gasteiger partial charge in [-0.2, -0.15) is 0 Å². The molecular weight excluding hydrogens is 310 g/mol. The van der Waals surface area contributed by atoms with Crippen molar-refractivity contribution in [2.45, 2.75) is 19.6 Å². The summed E-state index contributed by atoms with van der Waals surface area (Å²) in [6, 6.07) is 20.1. The van der Waals surface area contributed by atoms with Gasteiger partial charge in [0.2, 0.25) is 5.82 Å². The van der Waals surface area contributed by atoms with E-state index < -0.39 is 8.07 Å². The molecule has 0 unspecified atom stereocenters. The Morgan fingerprint density at radius 1 is 0.708 bits per heavy atom. The fourth-order valence-electron chi connectivity index (χ4n) is 2.21. The van der Waals surface area contributed by atoms with Crippen molar-refractivity contribution < 1.29 is 0 Å². The molecule has 1 aromatic heterocycles. The Morgan fingerprint density at radius 3 is 1.79 bits per heavy atom. The largest absolute Gasteiger partial charge is 0.226 e. The molecule has 0 aliphatic rings. The van der Waals surface area contributed by atoms with Crippen molar-refractivity contribution in [2.75, 3.05) is 0 Å². The third-order valence-electron chi connectivity index (χ3n) is 3.33. The molecule has 3 rings (SSSR count). The lowest BCUT2D eigenvalue weighted by atomic mass is 10.0. The van der Waals surface area contributed by atoms with Gasteiger partial charge in [-0.05, 0) is 5.92 Å². The molecule has 118 valence electrons. The minimum absolute atomic E-state index is 0.482. The fourth-order valence-corrected chi connectivity index (χ4v) is 2.70. The monoisotopic (exact) mass is 329 g/mol. The Hall–Kier alpha value is -2.77. The van der Waals surface area contributed by atoms with Crippen LogP contribution in [0.15, 0.2) is 60.7 Å². The van der Waals surface area contributed by atoms with Crippen LogP contribution < -0.4 is 0 Å². The van der Waals surface area contributed by atoms with E-state index in [0.29, 0.717) is 5.82 Å². The summed E-state index contributed by atoms with van der Waals surface area (Å²) in [5.74, 6) is 3.58. The second-order valence-electron chi connectivity index (χ2n) is 6.56. The van der Waals surface area contributed by atoms with Gasteiger partial charge >= 0.3 is 0 Å². The van der Waals surface area contributed by atoms with Crippen LogP contribution in [0.25, 0.3) is 22.5 Å². The van der Waals surface area contributed by atoms with Crippen molar-refractivity contribution >= 4 is 8.07 Å². The zero-order valence-corrected chi connectivity index (χ0v) is 15.1. The first-order valence-corrected chi connectivity index (χ1v) is 11.4. The van der Waals surface area contributed by atoms with E-state index in [1.165, 1.54) is 0 Å². The first kappa shape index (κ1) is 16.1. The van der Waals surface area contributed by atoms with Crippen LogP contribution in [0.2, 0.25) is 19.6 Å². The zero-order chi connectivity index (χ0) is 17.0. The van der Waals surface area contributed by atoms with Gasteiger partial charge in [0.25, 0.3) is 0 Å². The summed E-state index contributed by atoms with van der Waals surface area (Å²) in [6.07, 6.45) is 0. The maximum atomic E-state index is 4.70. The molecule has 0 saturated heterocycles. The summed E-state index contributed by atoms with van der Waals surface area (Å²) < 4.78 is 0. The Bertz CT molecular complexity index is 889. The zero-order valence-electron chi connectivity index (χ0n) is 14.1. The molecule has 24 heavy (non-hydrogen) atoms. The first-order chi connectivity index (χ1) is 11.5. The predicted octanol–water partition coefficient (Wildman–Crippen LogP) is 4.43. The van der Waals surface area contributed by atoms with Gasteiger partial charge in [-0.25, -0.2) is 4.98 Å². The van der Waals surface area contributed by atoms with Crippen LogP contribution in [0.4, 0.5) is 0 Å². The molecular formula is C20H19N3Si. The molecule has 3 aromatic rings. The fraction of sp³-hybridized carbons (Fsp3) is 0.150. The molecule has 1 heterocycles. The Kier molecular flexibility index (Phi) is 4.54. The summed E-state index contributed by atoms with van der Waals surface area (Å²) in [5, 5.41) is 8.66. The third kappa shape index (κ3) is 3.95. The van der Waals surface area contributed by atoms with Gasteiger partial charge in [-0.1, -0.05) is 80.3 Å². The number of aromatic nitrogens is 3. The van der Waals surface area contributed by atoms with E-state index >= 15 is 0 Å². The van der Waals surface area contributed by atoms with Gasteiger partial charge in [0, 0.05) is 11.1 Å². The maximum Gasteiger partial charge on any atom is 0.226 e. The Morgan fingerprint density at radius 2 is 1.25 bits per heavy atom. The van der Waals surface area contributed by atoms with Crippen LogP contribution >= 0.6 is 0 Å². The van der Waals surface area contributed by atoms with Crippen molar-refractivity contribution in [3.8, 4) is 34.0 Å². The molecule has 0 radical (unpaired) electrons. The van der Waals surface area contributed by atoms with Gasteiger partial charge in [0.05, 0.1) is 0 Å². The van der Waals surface area contributed by atoms with Gasteiger partial charge in [-0.15, -0.1) is 15.7 Å². The van der Waals surface area contributed by atoms with E-state index in [4.69, 9.17) is 4.98 Å². The Labute approximate surface area is 143 Å². The van der Waals surface area contributed by atoms with Crippen LogP contribution in [-0.4, -0.2) is 23.3 Å². The standard InChI is InChI=1S/C20H19N3Si/c1-24(2,3)15-14-18-21-19(16-10-6-4-7-11-16)20(23-22-18)17-12-8-5-9-13-17/h4-13H,1-3H3. The SMILES string of the molecule is C[Si](C)(C)C#Cc1nnc(-c2ccccc2)c(-c2ccccc2)n1. The topological polar surface area (TPSA) is 38.7 Å². The van der Waals surface area contributed by atoms with E-state index in [1.807, 2.05) is 60.7 Å². The van der Waals surface area contributed by atoms with Gasteiger partial charge in [0.15, 0.2) is 0 Å². The average molecular weight is 329 g/mol. The molecule has 0 bridgehead atoms. The summed E-state index contributed by atoms with van der Waals surface area (Å²) in [7, 11) is -1.48. The summed E-state index contributed by atoms with van der Waals surface area (Å²) in [5.41, 5.74) is 6.91. The van der Waals surface area contributed by atoms with Gasteiger partial charge in [-0.3, -0.25) is 0 Å². The lowest BCUT2D eigenvalue weighted by molar-refractivity contribution is 0.959. The van der Waals surface area contributed by atoms with E-state index in [0.717, 1.165) is 22.5 Å². The smallest absolute Gasteiger partial charge is 0.217 e. The quantitative estimate of drug-likeness (QED) is 0.515. The normalized spacial score (nSPS) is 10.8. The lowest BCUT2D eigenvalue weighted by Crippen LogP contribution is -2.16. The van der Waals surface area contributed by atoms with Gasteiger partial charge in [0.1, 0.15) is 19.5 Å². The molecule has 0 fully saturated rings. The maximum absolute atomic E-state index is 4.70. The predicted molar refractivity (Wildman–Crippen MR) is 101 cm³/mol. The summed E-state index contributed by atoms with van der Waals surface area (Å²) in [6.45, 7) is 6.59. The van der Waals surface area contributed by atoms with Crippen LogP contribution in [0.3, 0.4) is 0 Å². The molecule has 0 saturated carbocycles. The molecule has 0 N–H and O–H groups in total. The van der Waals surface area contributed by atoms with E-state index in [-0.39, 0.29) is 0 Å². The highest BCUT2D eigenvalue weighted by Gasteiger charge is 2.13. The molecule has 4 heteroatoms. The van der Waals surface area contributed by atoms with Crippen molar-refractivity contribution in [2.24, 2.45) is 0 Å². The van der Waals surface area contributed by atoms with Gasteiger partial charge < -0.3 is 0 Å². The highest BCUT2D eigenvalue weighted by molar-refractivity contribution is 6.83. The summed E-state index contributed by atoms with van der Waals surface area (Å²) >= 11 is 0. The molecule has 0 spiro atoms. The minimum Gasteiger partial charge on any atom is -0.217 e. The van der Waals surface area contributed by atoms with E-state index in [2.05, 4.69) is 41.3 Å². The number of hydrogen-bond acceptors (Lipinski definition) is 3. The Balaban J connectivity index is 2.15. The van der Waals surface area contributed by atoms with Crippen molar-refractivity contribution in [1.82, 2.24) is 15.2 Å². The minimum atomic E-state index is -1.48. The van der Waals surface area contributed by atoms with E-state index in [9.17, 15) is 0 Å². The van der Waals surface area contributed by atoms with Crippen LogP contribution in [0, 0.1) is 11.5 Å². The average Bonchev–Trinajstić information content (AvgIpc) is 2.61. The van der Waals surface area contributed by atoms with Crippen LogP contribution in [0.5, 0.6) is 0 Å². The molecule has 0 aliphatic heterocycles. The first-order valence-electron chi connectivity index (χ1n) is 7.92. The number of benzene rings is 2. The molecule has 3 nitrogen and oxygen atoms in total. The third-order valence-corrected chi connectivity index (χ3v) is 4.21. The highest BCUT2D eigenvalue weighted by atomic mass is 28.3. The van der Waals surface area contributed by atoms with E-state index in [1.54, 1.807) is 0 Å². The van der Waals surface area contributed by atoms with Crippen LogP contribution in [0.1, 0.15) is 5.82 Å².